The average Bonchev–Trinajstić information content (AvgIpc) is 2.58. The summed E-state index contributed by atoms with van der Waals surface area (Å²) in [6.07, 6.45) is 1.98. The van der Waals surface area contributed by atoms with E-state index in [0.717, 1.165) is 27.2 Å². The molecule has 14 heavy (non-hydrogen) atoms. The van der Waals surface area contributed by atoms with Crippen molar-refractivity contribution in [2.45, 2.75) is 6.92 Å². The molecule has 5 heteroatoms. The topological polar surface area (TPSA) is 30.9 Å². The third-order valence-electron chi connectivity index (χ3n) is 2.21. The van der Waals surface area contributed by atoms with E-state index in [1.165, 1.54) is 0 Å². The second kappa shape index (κ2) is 3.83. The van der Waals surface area contributed by atoms with Crippen LogP contribution in [0.3, 0.4) is 0 Å². The van der Waals surface area contributed by atoms with Crippen molar-refractivity contribution in [2.75, 3.05) is 5.73 Å². The molecule has 0 aliphatic heterocycles. The van der Waals surface area contributed by atoms with Crippen molar-refractivity contribution in [3.8, 4) is 0 Å². The Morgan fingerprint density at radius 1 is 1.57 bits per heavy atom. The minimum absolute atomic E-state index is 0.751. The fourth-order valence-electron chi connectivity index (χ4n) is 1.47. The SMILES string of the molecule is Cc1cc(Cl)c2c(ccn2SI)c1N. The third-order valence-corrected chi connectivity index (χ3v) is 4.23. The summed E-state index contributed by atoms with van der Waals surface area (Å²) >= 11 is 8.38. The summed E-state index contributed by atoms with van der Waals surface area (Å²) in [5, 5.41) is 1.78. The van der Waals surface area contributed by atoms with Gasteiger partial charge in [-0.05, 0) is 24.6 Å². The smallest absolute Gasteiger partial charge is 0.0805 e. The summed E-state index contributed by atoms with van der Waals surface area (Å²) in [7, 11) is 1.58. The molecule has 1 aromatic heterocycles. The first kappa shape index (κ1) is 10.4. The van der Waals surface area contributed by atoms with Gasteiger partial charge >= 0.3 is 0 Å². The van der Waals surface area contributed by atoms with Crippen LogP contribution in [0.4, 0.5) is 5.69 Å². The lowest BCUT2D eigenvalue weighted by Gasteiger charge is -2.05. The summed E-state index contributed by atoms with van der Waals surface area (Å²) in [6, 6.07) is 3.90. The van der Waals surface area contributed by atoms with Crippen LogP contribution in [-0.2, 0) is 0 Å². The van der Waals surface area contributed by atoms with Gasteiger partial charge < -0.3 is 5.73 Å². The molecule has 1 heterocycles. The largest absolute Gasteiger partial charge is 0.398 e. The monoisotopic (exact) mass is 338 g/mol. The number of aryl methyl sites for hydroxylation is 1. The van der Waals surface area contributed by atoms with Crippen LogP contribution in [0.25, 0.3) is 10.9 Å². The molecule has 0 saturated heterocycles. The van der Waals surface area contributed by atoms with Crippen LogP contribution in [0.2, 0.25) is 5.02 Å². The normalized spacial score (nSPS) is 11.1. The summed E-state index contributed by atoms with van der Waals surface area (Å²) in [5.74, 6) is 0. The Balaban J connectivity index is 2.90. The number of halogens is 2. The van der Waals surface area contributed by atoms with Crippen molar-refractivity contribution in [1.82, 2.24) is 3.97 Å². The Bertz CT molecular complexity index is 495. The quantitative estimate of drug-likeness (QED) is 0.628. The molecule has 1 aromatic carbocycles. The average molecular weight is 339 g/mol. The van der Waals surface area contributed by atoms with Gasteiger partial charge in [-0.3, -0.25) is 3.97 Å². The van der Waals surface area contributed by atoms with Crippen molar-refractivity contribution in [1.29, 1.82) is 0 Å². The first-order valence-electron chi connectivity index (χ1n) is 4.00. The summed E-state index contributed by atoms with van der Waals surface area (Å²) in [5.41, 5.74) is 8.81. The van der Waals surface area contributed by atoms with Crippen LogP contribution in [0.15, 0.2) is 18.3 Å². The lowest BCUT2D eigenvalue weighted by atomic mass is 10.1. The van der Waals surface area contributed by atoms with Gasteiger partial charge in [0.15, 0.2) is 0 Å². The van der Waals surface area contributed by atoms with Crippen LogP contribution in [0.1, 0.15) is 5.56 Å². The van der Waals surface area contributed by atoms with Crippen molar-refractivity contribution in [3.05, 3.63) is 28.9 Å². The molecule has 0 atom stereocenters. The molecule has 2 aromatic rings. The number of benzene rings is 1. The Kier molecular flexibility index (Phi) is 2.86. The molecule has 0 radical (unpaired) electrons. The Morgan fingerprint density at radius 3 is 2.93 bits per heavy atom. The zero-order valence-corrected chi connectivity index (χ0v) is 11.2. The number of nitrogens with two attached hydrogens (primary N) is 1. The van der Waals surface area contributed by atoms with E-state index in [1.54, 1.807) is 9.12 Å². The molecule has 2 nitrogen and oxygen atoms in total. The first-order valence-corrected chi connectivity index (χ1v) is 7.69. The molecular formula is C9H8ClIN2S. The lowest BCUT2D eigenvalue weighted by molar-refractivity contribution is 1.36. The maximum absolute atomic E-state index is 6.17. The highest BCUT2D eigenvalue weighted by Gasteiger charge is 2.10. The highest BCUT2D eigenvalue weighted by Crippen LogP contribution is 2.35. The maximum atomic E-state index is 6.17. The van der Waals surface area contributed by atoms with E-state index in [1.807, 2.05) is 29.2 Å². The van der Waals surface area contributed by atoms with Gasteiger partial charge in [-0.2, -0.15) is 0 Å². The van der Waals surface area contributed by atoms with Crippen LogP contribution >= 0.6 is 41.9 Å². The second-order valence-corrected chi connectivity index (χ2v) is 5.18. The van der Waals surface area contributed by atoms with E-state index in [0.29, 0.717) is 0 Å². The summed E-state index contributed by atoms with van der Waals surface area (Å²) in [4.78, 5) is 0. The molecule has 0 bridgehead atoms. The number of fused-ring (bicyclic) bond motifs is 1. The van der Waals surface area contributed by atoms with Gasteiger partial charge in [0.1, 0.15) is 0 Å². The van der Waals surface area contributed by atoms with E-state index >= 15 is 0 Å². The molecular weight excluding hydrogens is 331 g/mol. The minimum atomic E-state index is 0.751. The number of hydrogen-bond acceptors (Lipinski definition) is 2. The van der Waals surface area contributed by atoms with Gasteiger partial charge in [0.25, 0.3) is 0 Å². The predicted molar refractivity (Wildman–Crippen MR) is 73.1 cm³/mol. The highest BCUT2D eigenvalue weighted by molar-refractivity contribution is 14.2. The Morgan fingerprint density at radius 2 is 2.29 bits per heavy atom. The Labute approximate surface area is 104 Å². The standard InChI is InChI=1S/C9H8ClIN2S/c1-5-4-7(10)9-6(8(5)12)2-3-13(9)14-11/h2-4H,12H2,1H3. The van der Waals surface area contributed by atoms with Gasteiger partial charge in [-0.25, -0.2) is 0 Å². The number of hydrogen-bond donors (Lipinski definition) is 1. The molecule has 74 valence electrons. The van der Waals surface area contributed by atoms with Crippen LogP contribution in [0, 0.1) is 6.92 Å². The van der Waals surface area contributed by atoms with Crippen molar-refractivity contribution in [2.24, 2.45) is 0 Å². The molecule has 0 amide bonds. The van der Waals surface area contributed by atoms with Crippen molar-refractivity contribution < 1.29 is 0 Å². The van der Waals surface area contributed by atoms with E-state index < -0.39 is 0 Å². The predicted octanol–water partition coefficient (Wildman–Crippen LogP) is 4.03. The maximum Gasteiger partial charge on any atom is 0.0805 e. The number of nitrogens with zero attached hydrogens (tertiary/aromatic N) is 1. The first-order chi connectivity index (χ1) is 6.65. The number of aromatic nitrogens is 1. The molecule has 2 N–H and O–H groups in total. The zero-order chi connectivity index (χ0) is 10.3. The van der Waals surface area contributed by atoms with Crippen molar-refractivity contribution in [3.63, 3.8) is 0 Å². The van der Waals surface area contributed by atoms with Gasteiger partial charge in [0.05, 0.1) is 10.5 Å². The van der Waals surface area contributed by atoms with E-state index in [-0.39, 0.29) is 0 Å². The molecule has 2 rings (SSSR count). The number of nitrogen functional groups attached to an aromatic ring is 1. The zero-order valence-electron chi connectivity index (χ0n) is 7.42. The van der Waals surface area contributed by atoms with Crippen LogP contribution in [-0.4, -0.2) is 3.97 Å². The molecule has 0 aliphatic rings. The Hall–Kier alpha value is -0.0700. The van der Waals surface area contributed by atoms with E-state index in [4.69, 9.17) is 17.3 Å². The molecule has 0 spiro atoms. The fraction of sp³-hybridized carbons (Fsp3) is 0.111. The molecule has 0 aliphatic carbocycles. The molecule has 0 saturated carbocycles. The summed E-state index contributed by atoms with van der Waals surface area (Å²) < 4.78 is 2.01. The summed E-state index contributed by atoms with van der Waals surface area (Å²) in [6.45, 7) is 1.97. The van der Waals surface area contributed by atoms with Crippen LogP contribution < -0.4 is 5.73 Å². The van der Waals surface area contributed by atoms with E-state index in [9.17, 15) is 0 Å². The van der Waals surface area contributed by atoms with Crippen LogP contribution in [0.5, 0.6) is 0 Å². The van der Waals surface area contributed by atoms with Gasteiger partial charge in [0.2, 0.25) is 0 Å². The minimum Gasteiger partial charge on any atom is -0.398 e. The van der Waals surface area contributed by atoms with Gasteiger partial charge in [-0.1, -0.05) is 11.6 Å². The van der Waals surface area contributed by atoms with Crippen molar-refractivity contribution >= 4 is 58.5 Å². The highest BCUT2D eigenvalue weighted by atomic mass is 127. The van der Waals surface area contributed by atoms with E-state index in [2.05, 4.69) is 21.2 Å². The number of rotatable bonds is 1. The van der Waals surface area contributed by atoms with Gasteiger partial charge in [0, 0.05) is 47.6 Å². The lowest BCUT2D eigenvalue weighted by Crippen LogP contribution is -1.91. The third kappa shape index (κ3) is 1.49. The second-order valence-electron chi connectivity index (χ2n) is 3.06. The van der Waals surface area contributed by atoms with Gasteiger partial charge in [-0.15, -0.1) is 0 Å². The fourth-order valence-corrected chi connectivity index (χ4v) is 3.24. The molecule has 0 unspecified atom stereocenters. The number of anilines is 1. The molecule has 0 fully saturated rings.